The summed E-state index contributed by atoms with van der Waals surface area (Å²) in [6.07, 6.45) is 1.60. The van der Waals surface area contributed by atoms with E-state index in [0.717, 1.165) is 11.4 Å². The van der Waals surface area contributed by atoms with Crippen molar-refractivity contribution in [2.75, 3.05) is 12.4 Å². The van der Waals surface area contributed by atoms with Gasteiger partial charge < -0.3 is 10.1 Å². The fourth-order valence-corrected chi connectivity index (χ4v) is 3.19. The Labute approximate surface area is 161 Å². The fourth-order valence-electron chi connectivity index (χ4n) is 2.35. The van der Waals surface area contributed by atoms with E-state index in [9.17, 15) is 4.79 Å². The molecule has 7 nitrogen and oxygen atoms in total. The largest absolute Gasteiger partial charge is 0.497 e. The Hall–Kier alpha value is -3.31. The molecule has 0 aliphatic heterocycles. The highest BCUT2D eigenvalue weighted by molar-refractivity contribution is 8.00. The van der Waals surface area contributed by atoms with Crippen LogP contribution < -0.4 is 10.1 Å². The zero-order chi connectivity index (χ0) is 19.2. The number of nitrogens with one attached hydrogen (secondary N) is 1. The topological polar surface area (TPSA) is 92.8 Å². The highest BCUT2D eigenvalue weighted by Crippen LogP contribution is 2.25. The second-order valence-corrected chi connectivity index (χ2v) is 6.93. The number of benzene rings is 2. The molecule has 0 spiro atoms. The van der Waals surface area contributed by atoms with Crippen molar-refractivity contribution in [2.24, 2.45) is 0 Å². The molecular formula is C19H17N5O2S. The van der Waals surface area contributed by atoms with Crippen LogP contribution in [0.5, 0.6) is 5.75 Å². The number of hydrogen-bond acceptors (Lipinski definition) is 6. The maximum absolute atomic E-state index is 12.5. The zero-order valence-electron chi connectivity index (χ0n) is 14.8. The summed E-state index contributed by atoms with van der Waals surface area (Å²) in [5.74, 6) is 0.577. The Morgan fingerprint density at radius 2 is 2.07 bits per heavy atom. The van der Waals surface area contributed by atoms with Crippen molar-refractivity contribution in [3.8, 4) is 17.5 Å². The molecule has 1 heterocycles. The normalized spacial score (nSPS) is 11.4. The van der Waals surface area contributed by atoms with Crippen LogP contribution in [0.15, 0.2) is 60.0 Å². The maximum Gasteiger partial charge on any atom is 0.237 e. The number of anilines is 1. The summed E-state index contributed by atoms with van der Waals surface area (Å²) in [5.41, 5.74) is 1.95. The van der Waals surface area contributed by atoms with Crippen molar-refractivity contribution in [1.82, 2.24) is 14.8 Å². The fraction of sp³-hybridized carbons (Fsp3) is 0.158. The van der Waals surface area contributed by atoms with Crippen LogP contribution in [0.4, 0.5) is 5.69 Å². The van der Waals surface area contributed by atoms with Gasteiger partial charge in [0.15, 0.2) is 5.16 Å². The van der Waals surface area contributed by atoms with Crippen LogP contribution in [0.1, 0.15) is 12.5 Å². The molecule has 2 aromatic carbocycles. The van der Waals surface area contributed by atoms with Gasteiger partial charge in [-0.05, 0) is 49.4 Å². The lowest BCUT2D eigenvalue weighted by molar-refractivity contribution is -0.115. The van der Waals surface area contributed by atoms with Crippen LogP contribution in [0.3, 0.4) is 0 Å². The third-order valence-electron chi connectivity index (χ3n) is 3.78. The lowest BCUT2D eigenvalue weighted by atomic mass is 10.2. The number of rotatable bonds is 6. The SMILES string of the molecule is COc1ccc(-n2cnnc2S[C@H](C)C(=O)Nc2cccc(C#N)c2)cc1. The molecule has 0 unspecified atom stereocenters. The molecular weight excluding hydrogens is 362 g/mol. The average Bonchev–Trinajstić information content (AvgIpc) is 3.16. The highest BCUT2D eigenvalue weighted by atomic mass is 32.2. The first-order valence-corrected chi connectivity index (χ1v) is 9.01. The first kappa shape index (κ1) is 18.5. The van der Waals surface area contributed by atoms with Crippen molar-refractivity contribution in [2.45, 2.75) is 17.3 Å². The molecule has 0 aliphatic rings. The van der Waals surface area contributed by atoms with Crippen LogP contribution in [-0.2, 0) is 4.79 Å². The van der Waals surface area contributed by atoms with E-state index < -0.39 is 5.25 Å². The van der Waals surface area contributed by atoms with E-state index in [4.69, 9.17) is 10.00 Å². The summed E-state index contributed by atoms with van der Waals surface area (Å²) in [6.45, 7) is 1.79. The van der Waals surface area contributed by atoms with E-state index >= 15 is 0 Å². The highest BCUT2D eigenvalue weighted by Gasteiger charge is 2.18. The molecule has 0 fully saturated rings. The Balaban J connectivity index is 1.70. The van der Waals surface area contributed by atoms with Crippen molar-refractivity contribution in [1.29, 1.82) is 5.26 Å². The van der Waals surface area contributed by atoms with Gasteiger partial charge in [-0.1, -0.05) is 17.8 Å². The number of carbonyl (C=O) groups is 1. The predicted octanol–water partition coefficient (Wildman–Crippen LogP) is 3.27. The number of thioether (sulfide) groups is 1. The number of methoxy groups -OCH3 is 1. The Kier molecular flexibility index (Phi) is 5.74. The van der Waals surface area contributed by atoms with Crippen molar-refractivity contribution < 1.29 is 9.53 Å². The number of amides is 1. The summed E-state index contributed by atoms with van der Waals surface area (Å²) >= 11 is 1.30. The standard InChI is InChI=1S/C19H17N5O2S/c1-13(18(25)22-15-5-3-4-14(10-15)11-20)27-19-23-21-12-24(19)16-6-8-17(26-2)9-7-16/h3-10,12-13H,1-2H3,(H,22,25)/t13-/m1/s1. The number of carbonyl (C=O) groups excluding carboxylic acids is 1. The van der Waals surface area contributed by atoms with Crippen molar-refractivity contribution in [3.05, 3.63) is 60.4 Å². The first-order chi connectivity index (χ1) is 13.1. The molecule has 27 heavy (non-hydrogen) atoms. The smallest absolute Gasteiger partial charge is 0.237 e. The molecule has 1 aromatic heterocycles. The summed E-state index contributed by atoms with van der Waals surface area (Å²) in [6, 6.07) is 16.3. The van der Waals surface area contributed by atoms with Gasteiger partial charge in [0.05, 0.1) is 24.0 Å². The predicted molar refractivity (Wildman–Crippen MR) is 103 cm³/mol. The minimum Gasteiger partial charge on any atom is -0.497 e. The quantitative estimate of drug-likeness (QED) is 0.661. The molecule has 1 N–H and O–H groups in total. The Morgan fingerprint density at radius 1 is 1.30 bits per heavy atom. The van der Waals surface area contributed by atoms with Gasteiger partial charge in [-0.25, -0.2) is 0 Å². The molecule has 0 saturated heterocycles. The summed E-state index contributed by atoms with van der Waals surface area (Å²) in [5, 5.41) is 20.0. The zero-order valence-corrected chi connectivity index (χ0v) is 15.6. The van der Waals surface area contributed by atoms with Gasteiger partial charge in [-0.3, -0.25) is 9.36 Å². The average molecular weight is 379 g/mol. The molecule has 0 bridgehead atoms. The van der Waals surface area contributed by atoms with E-state index in [-0.39, 0.29) is 5.91 Å². The molecule has 0 saturated carbocycles. The maximum atomic E-state index is 12.5. The summed E-state index contributed by atoms with van der Waals surface area (Å²) in [7, 11) is 1.61. The second kappa shape index (κ2) is 8.38. The molecule has 1 atom stereocenters. The van der Waals surface area contributed by atoms with Crippen molar-refractivity contribution in [3.63, 3.8) is 0 Å². The van der Waals surface area contributed by atoms with E-state index in [0.29, 0.717) is 16.4 Å². The van der Waals surface area contributed by atoms with Gasteiger partial charge in [0, 0.05) is 11.4 Å². The minimum atomic E-state index is -0.406. The van der Waals surface area contributed by atoms with Gasteiger partial charge in [0.2, 0.25) is 5.91 Å². The van der Waals surface area contributed by atoms with Gasteiger partial charge >= 0.3 is 0 Å². The van der Waals surface area contributed by atoms with Crippen LogP contribution in [0, 0.1) is 11.3 Å². The molecule has 0 aliphatic carbocycles. The number of nitrogens with zero attached hydrogens (tertiary/aromatic N) is 4. The van der Waals surface area contributed by atoms with Gasteiger partial charge in [0.1, 0.15) is 12.1 Å². The summed E-state index contributed by atoms with van der Waals surface area (Å²) < 4.78 is 6.98. The second-order valence-electron chi connectivity index (χ2n) is 5.62. The van der Waals surface area contributed by atoms with E-state index in [1.165, 1.54) is 11.8 Å². The third kappa shape index (κ3) is 4.46. The van der Waals surface area contributed by atoms with Crippen LogP contribution in [0.2, 0.25) is 0 Å². The number of ether oxygens (including phenoxy) is 1. The Bertz CT molecular complexity index is 978. The summed E-state index contributed by atoms with van der Waals surface area (Å²) in [4.78, 5) is 12.5. The molecule has 0 radical (unpaired) electrons. The van der Waals surface area contributed by atoms with Crippen LogP contribution in [-0.4, -0.2) is 33.0 Å². The monoisotopic (exact) mass is 379 g/mol. The molecule has 3 rings (SSSR count). The van der Waals surface area contributed by atoms with Crippen LogP contribution in [0.25, 0.3) is 5.69 Å². The van der Waals surface area contributed by atoms with Gasteiger partial charge in [-0.15, -0.1) is 10.2 Å². The lowest BCUT2D eigenvalue weighted by Crippen LogP contribution is -2.22. The number of hydrogen-bond donors (Lipinski definition) is 1. The minimum absolute atomic E-state index is 0.181. The van der Waals surface area contributed by atoms with E-state index in [1.807, 2.05) is 28.8 Å². The molecule has 136 valence electrons. The first-order valence-electron chi connectivity index (χ1n) is 8.13. The van der Waals surface area contributed by atoms with Gasteiger partial charge in [0.25, 0.3) is 0 Å². The van der Waals surface area contributed by atoms with E-state index in [1.54, 1.807) is 44.6 Å². The van der Waals surface area contributed by atoms with E-state index in [2.05, 4.69) is 21.6 Å². The third-order valence-corrected chi connectivity index (χ3v) is 4.83. The number of nitriles is 1. The van der Waals surface area contributed by atoms with Crippen LogP contribution >= 0.6 is 11.8 Å². The lowest BCUT2D eigenvalue weighted by Gasteiger charge is -2.13. The number of aromatic nitrogens is 3. The van der Waals surface area contributed by atoms with Gasteiger partial charge in [-0.2, -0.15) is 5.26 Å². The van der Waals surface area contributed by atoms with Crippen molar-refractivity contribution >= 4 is 23.4 Å². The molecule has 8 heteroatoms. The molecule has 1 amide bonds. The molecule has 3 aromatic rings. The Morgan fingerprint density at radius 3 is 2.78 bits per heavy atom.